The summed E-state index contributed by atoms with van der Waals surface area (Å²) >= 11 is 7.01. The molecule has 6 nitrogen and oxygen atoms in total. The predicted molar refractivity (Wildman–Crippen MR) is 101 cm³/mol. The lowest BCUT2D eigenvalue weighted by Gasteiger charge is -2.14. The van der Waals surface area contributed by atoms with Crippen LogP contribution in [0.15, 0.2) is 23.1 Å². The fourth-order valence-corrected chi connectivity index (χ4v) is 3.20. The first-order valence-electron chi connectivity index (χ1n) is 8.22. The number of amides is 2. The standard InChI is InChI=1S/C18H20ClNO5S/c1-4-11(3)25-14-7-6-12(8-13(14)19)9-15-17(22)20(18(23)26-15)10-16(21)24-5-2/h6-9,11H,4-5,10H2,1-3H3/b15-9-/t11-/m1/s1. The molecule has 1 aliphatic rings. The van der Waals surface area contributed by atoms with E-state index < -0.39 is 23.7 Å². The van der Waals surface area contributed by atoms with Crippen molar-refractivity contribution < 1.29 is 23.9 Å². The van der Waals surface area contributed by atoms with Gasteiger partial charge >= 0.3 is 5.97 Å². The number of ether oxygens (including phenoxy) is 2. The molecule has 1 aromatic rings. The van der Waals surface area contributed by atoms with Crippen LogP contribution in [0.25, 0.3) is 6.08 Å². The topological polar surface area (TPSA) is 72.9 Å². The molecule has 0 radical (unpaired) electrons. The van der Waals surface area contributed by atoms with E-state index in [-0.39, 0.29) is 17.6 Å². The first-order chi connectivity index (χ1) is 12.3. The van der Waals surface area contributed by atoms with Crippen LogP contribution >= 0.6 is 23.4 Å². The van der Waals surface area contributed by atoms with Crippen molar-refractivity contribution in [3.8, 4) is 5.75 Å². The minimum absolute atomic E-state index is 0.0396. The Labute approximate surface area is 161 Å². The van der Waals surface area contributed by atoms with Gasteiger partial charge in [-0.1, -0.05) is 24.6 Å². The molecule has 0 unspecified atom stereocenters. The maximum atomic E-state index is 12.3. The first kappa shape index (κ1) is 20.3. The van der Waals surface area contributed by atoms with Gasteiger partial charge in [-0.2, -0.15) is 0 Å². The van der Waals surface area contributed by atoms with E-state index in [2.05, 4.69) is 0 Å². The lowest BCUT2D eigenvalue weighted by molar-refractivity contribution is -0.145. The zero-order valence-corrected chi connectivity index (χ0v) is 16.4. The van der Waals surface area contributed by atoms with Gasteiger partial charge in [0.05, 0.1) is 22.6 Å². The van der Waals surface area contributed by atoms with Gasteiger partial charge < -0.3 is 9.47 Å². The zero-order valence-electron chi connectivity index (χ0n) is 14.8. The molecule has 1 fully saturated rings. The number of rotatable bonds is 7. The first-order valence-corrected chi connectivity index (χ1v) is 9.42. The van der Waals surface area contributed by atoms with E-state index in [0.717, 1.165) is 23.1 Å². The van der Waals surface area contributed by atoms with Crippen molar-refractivity contribution in [1.82, 2.24) is 4.90 Å². The van der Waals surface area contributed by atoms with Crippen LogP contribution in [0.5, 0.6) is 5.75 Å². The Morgan fingerprint density at radius 3 is 2.69 bits per heavy atom. The summed E-state index contributed by atoms with van der Waals surface area (Å²) in [5.41, 5.74) is 0.660. The number of hydrogen-bond donors (Lipinski definition) is 0. The lowest BCUT2D eigenvalue weighted by Crippen LogP contribution is -2.34. The number of halogens is 1. The SMILES string of the molecule is CCOC(=O)CN1C(=O)S/C(=C\c2ccc(O[C@H](C)CC)c(Cl)c2)C1=O. The van der Waals surface area contributed by atoms with E-state index >= 15 is 0 Å². The number of nitrogens with zero attached hydrogens (tertiary/aromatic N) is 1. The molecule has 8 heteroatoms. The Balaban J connectivity index is 2.14. The van der Waals surface area contributed by atoms with Crippen molar-refractivity contribution in [1.29, 1.82) is 0 Å². The van der Waals surface area contributed by atoms with Gasteiger partial charge in [0, 0.05) is 0 Å². The molecule has 1 saturated heterocycles. The summed E-state index contributed by atoms with van der Waals surface area (Å²) in [7, 11) is 0. The molecule has 1 heterocycles. The third-order valence-electron chi connectivity index (χ3n) is 3.62. The highest BCUT2D eigenvalue weighted by Crippen LogP contribution is 2.34. The van der Waals surface area contributed by atoms with Crippen molar-refractivity contribution >= 4 is 46.6 Å². The normalized spacial score (nSPS) is 16.9. The van der Waals surface area contributed by atoms with Crippen LogP contribution in [0.1, 0.15) is 32.8 Å². The highest BCUT2D eigenvalue weighted by molar-refractivity contribution is 8.18. The van der Waals surface area contributed by atoms with Crippen molar-refractivity contribution in [3.63, 3.8) is 0 Å². The Morgan fingerprint density at radius 2 is 2.08 bits per heavy atom. The molecule has 1 aliphatic heterocycles. The molecule has 0 N–H and O–H groups in total. The van der Waals surface area contributed by atoms with Crippen LogP contribution < -0.4 is 4.74 Å². The number of hydrogen-bond acceptors (Lipinski definition) is 6. The van der Waals surface area contributed by atoms with Crippen molar-refractivity contribution in [2.24, 2.45) is 0 Å². The number of imide groups is 1. The molecule has 1 atom stereocenters. The monoisotopic (exact) mass is 397 g/mol. The number of esters is 1. The summed E-state index contributed by atoms with van der Waals surface area (Å²) in [6, 6.07) is 5.14. The third kappa shape index (κ3) is 5.02. The van der Waals surface area contributed by atoms with Gasteiger partial charge in [0.25, 0.3) is 11.1 Å². The molecule has 26 heavy (non-hydrogen) atoms. The molecule has 0 saturated carbocycles. The third-order valence-corrected chi connectivity index (χ3v) is 4.83. The number of thioether (sulfide) groups is 1. The number of benzene rings is 1. The van der Waals surface area contributed by atoms with E-state index in [1.807, 2.05) is 13.8 Å². The van der Waals surface area contributed by atoms with Crippen LogP contribution in [0.3, 0.4) is 0 Å². The van der Waals surface area contributed by atoms with E-state index in [0.29, 0.717) is 16.3 Å². The second kappa shape index (κ2) is 9.09. The summed E-state index contributed by atoms with van der Waals surface area (Å²) in [6.07, 6.45) is 2.46. The van der Waals surface area contributed by atoms with Crippen molar-refractivity contribution in [3.05, 3.63) is 33.7 Å². The predicted octanol–water partition coefficient (Wildman–Crippen LogP) is 4.12. The van der Waals surface area contributed by atoms with E-state index in [4.69, 9.17) is 21.1 Å². The van der Waals surface area contributed by atoms with Gasteiger partial charge in [-0.25, -0.2) is 0 Å². The van der Waals surface area contributed by atoms with E-state index in [1.54, 1.807) is 31.2 Å². The van der Waals surface area contributed by atoms with Crippen LogP contribution in [0.2, 0.25) is 5.02 Å². The quantitative estimate of drug-likeness (QED) is 0.509. The maximum Gasteiger partial charge on any atom is 0.326 e. The highest BCUT2D eigenvalue weighted by atomic mass is 35.5. The lowest BCUT2D eigenvalue weighted by atomic mass is 10.2. The van der Waals surface area contributed by atoms with Gasteiger partial charge in [0.2, 0.25) is 0 Å². The zero-order chi connectivity index (χ0) is 19.3. The second-order valence-corrected chi connectivity index (χ2v) is 7.00. The Hall–Kier alpha value is -1.99. The summed E-state index contributed by atoms with van der Waals surface area (Å²) in [4.78, 5) is 36.9. The summed E-state index contributed by atoms with van der Waals surface area (Å²) < 4.78 is 10.5. The minimum atomic E-state index is -0.620. The molecule has 0 spiro atoms. The van der Waals surface area contributed by atoms with Gasteiger partial charge in [-0.3, -0.25) is 19.3 Å². The summed E-state index contributed by atoms with van der Waals surface area (Å²) in [6.45, 7) is 5.42. The molecular weight excluding hydrogens is 378 g/mol. The Kier molecular flexibility index (Phi) is 7.11. The average molecular weight is 398 g/mol. The second-order valence-electron chi connectivity index (χ2n) is 5.60. The molecule has 2 amide bonds. The molecule has 140 valence electrons. The fraction of sp³-hybridized carbons (Fsp3) is 0.389. The number of carbonyl (C=O) groups is 3. The minimum Gasteiger partial charge on any atom is -0.489 e. The fourth-order valence-electron chi connectivity index (χ4n) is 2.13. The van der Waals surface area contributed by atoms with Crippen molar-refractivity contribution in [2.75, 3.05) is 13.2 Å². The van der Waals surface area contributed by atoms with Gasteiger partial charge in [-0.15, -0.1) is 0 Å². The molecule has 0 aliphatic carbocycles. The molecule has 0 aromatic heterocycles. The van der Waals surface area contributed by atoms with E-state index in [1.165, 1.54) is 0 Å². The van der Waals surface area contributed by atoms with Gasteiger partial charge in [-0.05, 0) is 55.8 Å². The molecule has 1 aromatic carbocycles. The summed E-state index contributed by atoms with van der Waals surface area (Å²) in [5.74, 6) is -0.580. The average Bonchev–Trinajstić information content (AvgIpc) is 2.85. The maximum absolute atomic E-state index is 12.3. The molecular formula is C18H20ClNO5S. The Morgan fingerprint density at radius 1 is 1.35 bits per heavy atom. The number of carbonyl (C=O) groups excluding carboxylic acids is 3. The van der Waals surface area contributed by atoms with Crippen LogP contribution in [0.4, 0.5) is 4.79 Å². The van der Waals surface area contributed by atoms with Crippen molar-refractivity contribution in [2.45, 2.75) is 33.3 Å². The molecule has 2 rings (SSSR count). The highest BCUT2D eigenvalue weighted by Gasteiger charge is 2.36. The smallest absolute Gasteiger partial charge is 0.326 e. The van der Waals surface area contributed by atoms with Gasteiger partial charge in [0.1, 0.15) is 12.3 Å². The summed E-state index contributed by atoms with van der Waals surface area (Å²) in [5, 5.41) is -0.0815. The van der Waals surface area contributed by atoms with Crippen LogP contribution in [-0.2, 0) is 14.3 Å². The largest absolute Gasteiger partial charge is 0.489 e. The van der Waals surface area contributed by atoms with Crippen LogP contribution in [-0.4, -0.2) is 41.3 Å². The van der Waals surface area contributed by atoms with Crippen LogP contribution in [0, 0.1) is 0 Å². The molecule has 0 bridgehead atoms. The van der Waals surface area contributed by atoms with Gasteiger partial charge in [0.15, 0.2) is 0 Å². The van der Waals surface area contributed by atoms with E-state index in [9.17, 15) is 14.4 Å². The Bertz CT molecular complexity index is 749.